The molecular weight excluding hydrogens is 336 g/mol. The molecule has 2 aliphatic heterocycles. The number of hydrogen-bond donors (Lipinski definition) is 1. The summed E-state index contributed by atoms with van der Waals surface area (Å²) in [4.78, 5) is 28.0. The van der Waals surface area contributed by atoms with Gasteiger partial charge in [-0.25, -0.2) is 4.79 Å². The van der Waals surface area contributed by atoms with Crippen molar-refractivity contribution in [2.75, 3.05) is 20.3 Å². The molecular formula is C15H20N2O6S. The molecule has 132 valence electrons. The first-order valence-electron chi connectivity index (χ1n) is 7.30. The highest BCUT2D eigenvalue weighted by molar-refractivity contribution is 8.14. The lowest BCUT2D eigenvalue weighted by atomic mass is 9.98. The Bertz CT molecular complexity index is 540. The van der Waals surface area contributed by atoms with Crippen molar-refractivity contribution < 1.29 is 28.9 Å². The average Bonchev–Trinajstić information content (AvgIpc) is 3.00. The van der Waals surface area contributed by atoms with E-state index in [2.05, 4.69) is 18.2 Å². The maximum Gasteiger partial charge on any atom is 0.413 e. The van der Waals surface area contributed by atoms with Gasteiger partial charge in [-0.2, -0.15) is 0 Å². The number of nitrogens with zero attached hydrogens (tertiary/aromatic N) is 2. The summed E-state index contributed by atoms with van der Waals surface area (Å²) in [5.74, 6) is 0. The van der Waals surface area contributed by atoms with E-state index >= 15 is 0 Å². The number of carbonyl (C=O) groups excluding carboxylic acids is 1. The fourth-order valence-corrected chi connectivity index (χ4v) is 3.61. The van der Waals surface area contributed by atoms with E-state index in [1.807, 2.05) is 0 Å². The van der Waals surface area contributed by atoms with Crippen LogP contribution in [0.1, 0.15) is 0 Å². The first kappa shape index (κ1) is 18.7. The van der Waals surface area contributed by atoms with Crippen LogP contribution in [0.2, 0.25) is 0 Å². The summed E-state index contributed by atoms with van der Waals surface area (Å²) >= 11 is 1.15. The molecule has 2 heterocycles. The zero-order chi connectivity index (χ0) is 17.7. The van der Waals surface area contributed by atoms with Crippen molar-refractivity contribution in [1.82, 2.24) is 4.90 Å². The lowest BCUT2D eigenvalue weighted by Crippen LogP contribution is -2.57. The smallest absolute Gasteiger partial charge is 0.413 e. The minimum atomic E-state index is -1.13. The molecule has 0 bridgehead atoms. The number of fused-ring (bicyclic) bond motifs is 1. The van der Waals surface area contributed by atoms with E-state index < -0.39 is 35.9 Å². The van der Waals surface area contributed by atoms with Crippen LogP contribution in [0.3, 0.4) is 0 Å². The SMILES string of the molecule is C=CCO[C@@H]1[C@H]2N=C(N(C)C(=O)O)S[C@H]2O[C@H](C=O)[C@H]1OCC=C. The first-order chi connectivity index (χ1) is 11.5. The van der Waals surface area contributed by atoms with Gasteiger partial charge in [-0.15, -0.1) is 13.2 Å². The van der Waals surface area contributed by atoms with E-state index in [4.69, 9.17) is 19.3 Å². The molecule has 8 nitrogen and oxygen atoms in total. The second-order valence-electron chi connectivity index (χ2n) is 5.14. The van der Waals surface area contributed by atoms with Gasteiger partial charge in [-0.05, 0) is 0 Å². The number of carboxylic acid groups (broad SMARTS) is 1. The van der Waals surface area contributed by atoms with Crippen LogP contribution < -0.4 is 0 Å². The van der Waals surface area contributed by atoms with Gasteiger partial charge in [-0.1, -0.05) is 23.9 Å². The van der Waals surface area contributed by atoms with Gasteiger partial charge in [0.1, 0.15) is 29.8 Å². The molecule has 0 aromatic heterocycles. The molecule has 0 saturated carbocycles. The summed E-state index contributed by atoms with van der Waals surface area (Å²) < 4.78 is 17.2. The monoisotopic (exact) mass is 356 g/mol. The fourth-order valence-electron chi connectivity index (χ4n) is 2.44. The molecule has 0 unspecified atom stereocenters. The Morgan fingerprint density at radius 1 is 1.38 bits per heavy atom. The molecule has 1 fully saturated rings. The van der Waals surface area contributed by atoms with Crippen molar-refractivity contribution in [2.45, 2.75) is 29.8 Å². The molecule has 9 heteroatoms. The van der Waals surface area contributed by atoms with Crippen molar-refractivity contribution in [1.29, 1.82) is 0 Å². The zero-order valence-corrected chi connectivity index (χ0v) is 14.1. The topological polar surface area (TPSA) is 97.7 Å². The molecule has 1 saturated heterocycles. The highest BCUT2D eigenvalue weighted by Crippen LogP contribution is 2.39. The summed E-state index contributed by atoms with van der Waals surface area (Å²) in [6.07, 6.45) is 0.612. The van der Waals surface area contributed by atoms with E-state index in [0.29, 0.717) is 11.5 Å². The predicted molar refractivity (Wildman–Crippen MR) is 89.2 cm³/mol. The standard InChI is InChI=1S/C15H20N2O6S/c1-4-6-21-11-9(8-18)23-13-10(12(11)22-7-5-2)16-14(24-13)17(3)15(19)20/h4-5,8-13H,1-2,6-7H2,3H3,(H,19,20)/t9-,10-,11-,12-,13-/m1/s1. The van der Waals surface area contributed by atoms with Gasteiger partial charge >= 0.3 is 6.09 Å². The number of hydrogen-bond acceptors (Lipinski definition) is 7. The number of rotatable bonds is 7. The summed E-state index contributed by atoms with van der Waals surface area (Å²) in [6.45, 7) is 7.68. The average molecular weight is 356 g/mol. The Morgan fingerprint density at radius 3 is 2.54 bits per heavy atom. The highest BCUT2D eigenvalue weighted by atomic mass is 32.2. The third-order valence-corrected chi connectivity index (χ3v) is 4.77. The summed E-state index contributed by atoms with van der Waals surface area (Å²) in [6, 6.07) is -0.488. The normalized spacial score (nSPS) is 31.7. The second-order valence-corrected chi connectivity index (χ2v) is 6.21. The van der Waals surface area contributed by atoms with Crippen LogP contribution >= 0.6 is 11.8 Å². The lowest BCUT2D eigenvalue weighted by Gasteiger charge is -2.40. The Morgan fingerprint density at radius 2 is 2.00 bits per heavy atom. The minimum absolute atomic E-state index is 0.225. The second kappa shape index (κ2) is 8.43. The molecule has 5 atom stereocenters. The van der Waals surface area contributed by atoms with Crippen LogP contribution in [0.5, 0.6) is 0 Å². The molecule has 0 aliphatic carbocycles. The van der Waals surface area contributed by atoms with Gasteiger partial charge in [0.25, 0.3) is 0 Å². The van der Waals surface area contributed by atoms with E-state index in [-0.39, 0.29) is 13.2 Å². The number of thioether (sulfide) groups is 1. The number of ether oxygens (including phenoxy) is 3. The Kier molecular flexibility index (Phi) is 6.55. The predicted octanol–water partition coefficient (Wildman–Crippen LogP) is 1.13. The van der Waals surface area contributed by atoms with Crippen molar-refractivity contribution in [2.24, 2.45) is 4.99 Å². The van der Waals surface area contributed by atoms with Gasteiger partial charge in [0, 0.05) is 7.05 Å². The molecule has 2 aliphatic rings. The van der Waals surface area contributed by atoms with Crippen molar-refractivity contribution in [3.05, 3.63) is 25.3 Å². The minimum Gasteiger partial charge on any atom is -0.465 e. The van der Waals surface area contributed by atoms with Gasteiger partial charge in [-0.3, -0.25) is 9.89 Å². The number of aliphatic imine (C=N–C) groups is 1. The number of aldehydes is 1. The molecule has 0 aromatic rings. The van der Waals surface area contributed by atoms with Crippen LogP contribution in [0.4, 0.5) is 4.79 Å². The lowest BCUT2D eigenvalue weighted by molar-refractivity contribution is -0.182. The van der Waals surface area contributed by atoms with Gasteiger partial charge in [0.2, 0.25) is 0 Å². The largest absolute Gasteiger partial charge is 0.465 e. The molecule has 0 spiro atoms. The quantitative estimate of drug-likeness (QED) is 0.539. The number of amidine groups is 1. The molecule has 0 aromatic carbocycles. The van der Waals surface area contributed by atoms with Crippen molar-refractivity contribution in [3.63, 3.8) is 0 Å². The van der Waals surface area contributed by atoms with E-state index in [9.17, 15) is 9.59 Å². The van der Waals surface area contributed by atoms with Crippen LogP contribution in [-0.2, 0) is 19.0 Å². The summed E-state index contributed by atoms with van der Waals surface area (Å²) in [7, 11) is 1.40. The van der Waals surface area contributed by atoms with Crippen LogP contribution in [0.15, 0.2) is 30.3 Å². The molecule has 1 amide bonds. The number of amides is 1. The molecule has 1 N–H and O–H groups in total. The third kappa shape index (κ3) is 3.86. The van der Waals surface area contributed by atoms with E-state index in [1.165, 1.54) is 7.05 Å². The summed E-state index contributed by atoms with van der Waals surface area (Å²) in [5, 5.41) is 9.39. The zero-order valence-electron chi connectivity index (χ0n) is 13.2. The van der Waals surface area contributed by atoms with Crippen LogP contribution in [0, 0.1) is 0 Å². The van der Waals surface area contributed by atoms with Gasteiger partial charge in [0.15, 0.2) is 11.5 Å². The number of carbonyl (C=O) groups is 2. The van der Waals surface area contributed by atoms with Crippen LogP contribution in [-0.4, -0.2) is 77.6 Å². The molecule has 0 radical (unpaired) electrons. The first-order valence-corrected chi connectivity index (χ1v) is 8.18. The maximum atomic E-state index is 11.4. The van der Waals surface area contributed by atoms with Gasteiger partial charge in [0.05, 0.1) is 13.2 Å². The Hall–Kier alpha value is -1.68. The Balaban J connectivity index is 2.27. The van der Waals surface area contributed by atoms with E-state index in [1.54, 1.807) is 12.2 Å². The Labute approximate surface area is 144 Å². The highest BCUT2D eigenvalue weighted by Gasteiger charge is 2.51. The molecule has 24 heavy (non-hydrogen) atoms. The van der Waals surface area contributed by atoms with Crippen LogP contribution in [0.25, 0.3) is 0 Å². The van der Waals surface area contributed by atoms with E-state index in [0.717, 1.165) is 16.7 Å². The van der Waals surface area contributed by atoms with Gasteiger partial charge < -0.3 is 24.1 Å². The fraction of sp³-hybridized carbons (Fsp3) is 0.533. The maximum absolute atomic E-state index is 11.4. The van der Waals surface area contributed by atoms with Crippen molar-refractivity contribution in [3.8, 4) is 0 Å². The van der Waals surface area contributed by atoms with Crippen molar-refractivity contribution >= 4 is 29.3 Å². The molecule has 2 rings (SSSR count). The third-order valence-electron chi connectivity index (χ3n) is 3.56. The summed E-state index contributed by atoms with van der Waals surface area (Å²) in [5.41, 5.74) is -0.518.